The first-order valence-corrected chi connectivity index (χ1v) is 15.5. The number of aryl methyl sites for hydroxylation is 2. The van der Waals surface area contributed by atoms with Crippen molar-refractivity contribution in [1.82, 2.24) is 10.2 Å². The summed E-state index contributed by atoms with van der Waals surface area (Å²) in [5.74, 6) is -1.23. The molecule has 0 aliphatic heterocycles. The second-order valence-electron chi connectivity index (χ2n) is 10.4. The summed E-state index contributed by atoms with van der Waals surface area (Å²) in [6, 6.07) is 14.4. The van der Waals surface area contributed by atoms with Crippen molar-refractivity contribution in [2.24, 2.45) is 0 Å². The van der Waals surface area contributed by atoms with Crippen molar-refractivity contribution in [1.29, 1.82) is 0 Å². The lowest BCUT2D eigenvalue weighted by Gasteiger charge is -2.33. The number of anilines is 1. The molecule has 12 heteroatoms. The Morgan fingerprint density at radius 2 is 1.60 bits per heavy atom. The molecule has 0 saturated heterocycles. The molecular formula is C31H35ClF3N3O4S. The number of alkyl halides is 3. The molecule has 0 heterocycles. The highest BCUT2D eigenvalue weighted by Gasteiger charge is 2.37. The lowest BCUT2D eigenvalue weighted by molar-refractivity contribution is -0.139. The van der Waals surface area contributed by atoms with E-state index in [1.165, 1.54) is 24.0 Å². The maximum absolute atomic E-state index is 14.0. The number of nitrogens with zero attached hydrogens (tertiary/aromatic N) is 2. The highest BCUT2D eigenvalue weighted by atomic mass is 35.5. The van der Waals surface area contributed by atoms with E-state index < -0.39 is 56.9 Å². The largest absolute Gasteiger partial charge is 0.417 e. The van der Waals surface area contributed by atoms with Crippen molar-refractivity contribution in [3.63, 3.8) is 0 Å². The molecule has 0 unspecified atom stereocenters. The molecule has 0 fully saturated rings. The van der Waals surface area contributed by atoms with Gasteiger partial charge in [0.05, 0.1) is 21.2 Å². The summed E-state index contributed by atoms with van der Waals surface area (Å²) < 4.78 is 69.8. The van der Waals surface area contributed by atoms with Crippen molar-refractivity contribution in [3.05, 3.63) is 94.0 Å². The normalized spacial score (nSPS) is 13.2. The Balaban J connectivity index is 2.13. The van der Waals surface area contributed by atoms with Crippen LogP contribution in [-0.4, -0.2) is 43.8 Å². The van der Waals surface area contributed by atoms with E-state index >= 15 is 0 Å². The number of sulfonamides is 1. The summed E-state index contributed by atoms with van der Waals surface area (Å²) in [5.41, 5.74) is 0.668. The number of carbonyl (C=O) groups excluding carboxylic acids is 2. The maximum Gasteiger partial charge on any atom is 0.417 e. The fourth-order valence-electron chi connectivity index (χ4n) is 4.27. The SMILES string of the molecule is CC[C@@H](C)NC(=O)[C@H](C)N(Cc1ccccc1C)C(=O)CN(c1ccc(Cl)c(C(F)(F)F)c1)S(=O)(=O)c1ccc(C)cc1. The smallest absolute Gasteiger partial charge is 0.352 e. The van der Waals surface area contributed by atoms with E-state index in [9.17, 15) is 31.2 Å². The number of amides is 2. The van der Waals surface area contributed by atoms with Gasteiger partial charge in [0.15, 0.2) is 0 Å². The van der Waals surface area contributed by atoms with Crippen LogP contribution in [0.2, 0.25) is 5.02 Å². The van der Waals surface area contributed by atoms with Crippen LogP contribution in [0.1, 0.15) is 49.4 Å². The molecule has 3 aromatic rings. The lowest BCUT2D eigenvalue weighted by atomic mass is 10.1. The molecule has 0 saturated carbocycles. The lowest BCUT2D eigenvalue weighted by Crippen LogP contribution is -2.52. The first-order valence-electron chi connectivity index (χ1n) is 13.7. The van der Waals surface area contributed by atoms with Crippen molar-refractivity contribution in [3.8, 4) is 0 Å². The van der Waals surface area contributed by atoms with Gasteiger partial charge in [-0.15, -0.1) is 0 Å². The van der Waals surface area contributed by atoms with Crippen molar-refractivity contribution < 1.29 is 31.2 Å². The second kappa shape index (κ2) is 13.8. The molecule has 2 amide bonds. The number of hydrogen-bond donors (Lipinski definition) is 1. The average Bonchev–Trinajstić information content (AvgIpc) is 2.94. The Bertz CT molecular complexity index is 1560. The van der Waals surface area contributed by atoms with Crippen LogP contribution < -0.4 is 9.62 Å². The number of hydrogen-bond acceptors (Lipinski definition) is 4. The van der Waals surface area contributed by atoms with Gasteiger partial charge in [0.2, 0.25) is 11.8 Å². The van der Waals surface area contributed by atoms with E-state index in [0.717, 1.165) is 28.8 Å². The Kier molecular flexibility index (Phi) is 10.9. The Labute approximate surface area is 255 Å². The third-order valence-electron chi connectivity index (χ3n) is 7.20. The van der Waals surface area contributed by atoms with Crippen molar-refractivity contribution >= 4 is 39.1 Å². The van der Waals surface area contributed by atoms with Gasteiger partial charge in [0.25, 0.3) is 10.0 Å². The number of nitrogens with one attached hydrogen (secondary N) is 1. The average molecular weight is 638 g/mol. The number of rotatable bonds is 11. The molecule has 3 rings (SSSR count). The summed E-state index contributed by atoms with van der Waals surface area (Å²) in [6.07, 6.45) is -4.24. The zero-order valence-electron chi connectivity index (χ0n) is 24.6. The van der Waals surface area contributed by atoms with E-state index in [-0.39, 0.29) is 17.5 Å². The van der Waals surface area contributed by atoms with Gasteiger partial charge in [0, 0.05) is 12.6 Å². The molecule has 0 radical (unpaired) electrons. The topological polar surface area (TPSA) is 86.8 Å². The van der Waals surface area contributed by atoms with Crippen LogP contribution in [0.3, 0.4) is 0 Å². The van der Waals surface area contributed by atoms with Crippen LogP contribution in [0.25, 0.3) is 0 Å². The molecule has 0 aromatic heterocycles. The van der Waals surface area contributed by atoms with Gasteiger partial charge in [0.1, 0.15) is 12.6 Å². The Morgan fingerprint density at radius 1 is 0.977 bits per heavy atom. The van der Waals surface area contributed by atoms with Crippen LogP contribution in [0.15, 0.2) is 71.6 Å². The molecule has 0 aliphatic rings. The van der Waals surface area contributed by atoms with Crippen LogP contribution in [0.4, 0.5) is 18.9 Å². The van der Waals surface area contributed by atoms with Gasteiger partial charge in [-0.05, 0) is 75.6 Å². The van der Waals surface area contributed by atoms with Gasteiger partial charge in [-0.1, -0.05) is 60.5 Å². The van der Waals surface area contributed by atoms with E-state index in [0.29, 0.717) is 16.8 Å². The summed E-state index contributed by atoms with van der Waals surface area (Å²) >= 11 is 5.82. The first kappa shape index (κ1) is 33.9. The molecule has 3 aromatic carbocycles. The van der Waals surface area contributed by atoms with Gasteiger partial charge < -0.3 is 10.2 Å². The van der Waals surface area contributed by atoms with Crippen LogP contribution in [0.5, 0.6) is 0 Å². The Hall–Kier alpha value is -3.57. The van der Waals surface area contributed by atoms with E-state index in [2.05, 4.69) is 5.32 Å². The summed E-state index contributed by atoms with van der Waals surface area (Å²) in [7, 11) is -4.55. The molecule has 232 valence electrons. The predicted molar refractivity (Wildman–Crippen MR) is 161 cm³/mol. The molecular weight excluding hydrogens is 603 g/mol. The first-order chi connectivity index (χ1) is 20.1. The van der Waals surface area contributed by atoms with Crippen molar-refractivity contribution in [2.75, 3.05) is 10.8 Å². The predicted octanol–water partition coefficient (Wildman–Crippen LogP) is 6.50. The van der Waals surface area contributed by atoms with Crippen LogP contribution in [0, 0.1) is 13.8 Å². The Morgan fingerprint density at radius 3 is 2.19 bits per heavy atom. The molecule has 0 bridgehead atoms. The van der Waals surface area contributed by atoms with Gasteiger partial charge >= 0.3 is 6.18 Å². The molecule has 7 nitrogen and oxygen atoms in total. The van der Waals surface area contributed by atoms with Crippen LogP contribution in [-0.2, 0) is 32.3 Å². The van der Waals surface area contributed by atoms with E-state index in [4.69, 9.17) is 11.6 Å². The van der Waals surface area contributed by atoms with Gasteiger partial charge in [-0.25, -0.2) is 8.42 Å². The third kappa shape index (κ3) is 8.29. The van der Waals surface area contributed by atoms with E-state index in [1.807, 2.05) is 32.9 Å². The molecule has 1 N–H and O–H groups in total. The minimum atomic E-state index is -4.88. The zero-order valence-corrected chi connectivity index (χ0v) is 26.1. The zero-order chi connectivity index (χ0) is 32.1. The standard InChI is InChI=1S/C31H35ClF3N3O4S/c1-6-22(4)36-30(40)23(5)37(18-24-10-8-7-9-21(24)3)29(39)19-38(43(41,42)26-14-11-20(2)12-15-26)25-13-16-28(32)27(17-25)31(33,34)35/h7-17,22-23H,6,18-19H2,1-5H3,(H,36,40)/t22-,23+/m1/s1. The highest BCUT2D eigenvalue weighted by Crippen LogP contribution is 2.38. The number of carbonyl (C=O) groups is 2. The maximum atomic E-state index is 14.0. The molecule has 0 aliphatic carbocycles. The van der Waals surface area contributed by atoms with Crippen molar-refractivity contribution in [2.45, 2.75) is 70.7 Å². The fourth-order valence-corrected chi connectivity index (χ4v) is 5.90. The fraction of sp³-hybridized carbons (Fsp3) is 0.355. The van der Waals surface area contributed by atoms with Crippen LogP contribution >= 0.6 is 11.6 Å². The van der Waals surface area contributed by atoms with E-state index in [1.54, 1.807) is 31.2 Å². The van der Waals surface area contributed by atoms with Gasteiger partial charge in [-0.2, -0.15) is 13.2 Å². The quantitative estimate of drug-likeness (QED) is 0.260. The minimum absolute atomic E-state index is 0.0343. The highest BCUT2D eigenvalue weighted by molar-refractivity contribution is 7.92. The number of benzene rings is 3. The third-order valence-corrected chi connectivity index (χ3v) is 9.32. The number of halogens is 4. The van der Waals surface area contributed by atoms with Gasteiger partial charge in [-0.3, -0.25) is 13.9 Å². The minimum Gasteiger partial charge on any atom is -0.352 e. The second-order valence-corrected chi connectivity index (χ2v) is 12.7. The summed E-state index contributed by atoms with van der Waals surface area (Å²) in [5, 5.41) is 2.22. The molecule has 2 atom stereocenters. The molecule has 0 spiro atoms. The molecule has 43 heavy (non-hydrogen) atoms. The monoisotopic (exact) mass is 637 g/mol. The summed E-state index contributed by atoms with van der Waals surface area (Å²) in [6.45, 7) is 7.91. The summed E-state index contributed by atoms with van der Waals surface area (Å²) in [4.78, 5) is 28.2.